The highest BCUT2D eigenvalue weighted by Crippen LogP contribution is 2.43. The predicted octanol–water partition coefficient (Wildman–Crippen LogP) is 4.03. The van der Waals surface area contributed by atoms with E-state index >= 15 is 0 Å². The number of para-hydroxylation sites is 1. The number of amides is 1. The maximum atomic E-state index is 13.1. The lowest BCUT2D eigenvalue weighted by Crippen LogP contribution is -2.44. The van der Waals surface area contributed by atoms with Crippen LogP contribution in [0.4, 0.5) is 11.4 Å². The smallest absolute Gasteiger partial charge is 0.265 e. The molecule has 0 unspecified atom stereocenters. The van der Waals surface area contributed by atoms with Gasteiger partial charge in [0, 0.05) is 5.39 Å². The zero-order valence-electron chi connectivity index (χ0n) is 13.8. The van der Waals surface area contributed by atoms with Crippen molar-refractivity contribution in [1.29, 1.82) is 0 Å². The first-order valence-corrected chi connectivity index (χ1v) is 9.84. The maximum absolute atomic E-state index is 13.1. The van der Waals surface area contributed by atoms with E-state index < -0.39 is 22.0 Å². The van der Waals surface area contributed by atoms with Crippen LogP contribution >= 0.6 is 11.6 Å². The molecule has 1 aliphatic heterocycles. The van der Waals surface area contributed by atoms with Crippen LogP contribution in [0.2, 0.25) is 5.02 Å². The molecule has 1 aliphatic rings. The fourth-order valence-corrected chi connectivity index (χ4v) is 5.29. The molecule has 3 aromatic carbocycles. The summed E-state index contributed by atoms with van der Waals surface area (Å²) < 4.78 is 27.3. The van der Waals surface area contributed by atoms with Gasteiger partial charge < -0.3 is 5.32 Å². The Bertz CT molecular complexity index is 1140. The summed E-state index contributed by atoms with van der Waals surface area (Å²) in [4.78, 5) is 13.0. The Morgan fingerprint density at radius 1 is 1.04 bits per heavy atom. The highest BCUT2D eigenvalue weighted by Gasteiger charge is 2.40. The van der Waals surface area contributed by atoms with Gasteiger partial charge in [0.2, 0.25) is 5.91 Å². The van der Waals surface area contributed by atoms with Gasteiger partial charge in [0.1, 0.15) is 6.04 Å². The number of halogens is 1. The van der Waals surface area contributed by atoms with E-state index in [4.69, 9.17) is 11.6 Å². The number of rotatable bonds is 3. The molecule has 0 fully saturated rings. The van der Waals surface area contributed by atoms with Gasteiger partial charge in [0.25, 0.3) is 10.0 Å². The van der Waals surface area contributed by atoms with Crippen molar-refractivity contribution in [1.82, 2.24) is 0 Å². The normalized spacial score (nSPS) is 15.8. The number of benzene rings is 3. The topological polar surface area (TPSA) is 66.5 Å². The summed E-state index contributed by atoms with van der Waals surface area (Å²) >= 11 is 6.08. The molecule has 5 nitrogen and oxygen atoms in total. The third-order valence-corrected chi connectivity index (χ3v) is 6.74. The SMILES string of the molecule is C[C@@H](C(=O)Nc1ccccc1Cl)N1c2cccc3cccc(c23)S1(=O)=O. The Morgan fingerprint density at radius 3 is 2.46 bits per heavy atom. The molecule has 3 aromatic rings. The first kappa shape index (κ1) is 16.9. The third kappa shape index (κ3) is 2.45. The highest BCUT2D eigenvalue weighted by molar-refractivity contribution is 7.93. The lowest BCUT2D eigenvalue weighted by Gasteiger charge is -2.25. The van der Waals surface area contributed by atoms with E-state index in [1.807, 2.05) is 12.1 Å². The van der Waals surface area contributed by atoms with Gasteiger partial charge in [-0.1, -0.05) is 48.0 Å². The van der Waals surface area contributed by atoms with Crippen LogP contribution in [0.1, 0.15) is 6.92 Å². The van der Waals surface area contributed by atoms with Crippen molar-refractivity contribution in [3.63, 3.8) is 0 Å². The van der Waals surface area contributed by atoms with E-state index in [9.17, 15) is 13.2 Å². The molecule has 1 atom stereocenters. The molecule has 1 amide bonds. The fraction of sp³-hybridized carbons (Fsp3) is 0.105. The molecule has 132 valence electrons. The molecule has 0 aromatic heterocycles. The zero-order chi connectivity index (χ0) is 18.5. The van der Waals surface area contributed by atoms with E-state index in [0.29, 0.717) is 21.8 Å². The molecule has 0 aliphatic carbocycles. The van der Waals surface area contributed by atoms with Crippen molar-refractivity contribution >= 4 is 49.7 Å². The average molecular weight is 387 g/mol. The van der Waals surface area contributed by atoms with Gasteiger partial charge in [-0.2, -0.15) is 0 Å². The minimum Gasteiger partial charge on any atom is -0.323 e. The minimum atomic E-state index is -3.81. The summed E-state index contributed by atoms with van der Waals surface area (Å²) in [5.74, 6) is -0.452. The summed E-state index contributed by atoms with van der Waals surface area (Å²) in [5.41, 5.74) is 0.957. The summed E-state index contributed by atoms with van der Waals surface area (Å²) in [5, 5.41) is 4.57. The molecular weight excluding hydrogens is 372 g/mol. The van der Waals surface area contributed by atoms with Crippen molar-refractivity contribution in [3.8, 4) is 0 Å². The number of hydrogen-bond acceptors (Lipinski definition) is 3. The summed E-state index contributed by atoms with van der Waals surface area (Å²) in [6.07, 6.45) is 0. The predicted molar refractivity (Wildman–Crippen MR) is 103 cm³/mol. The van der Waals surface area contributed by atoms with Crippen LogP contribution in [0, 0.1) is 0 Å². The van der Waals surface area contributed by atoms with Crippen LogP contribution in [0.5, 0.6) is 0 Å². The molecule has 0 bridgehead atoms. The second-order valence-electron chi connectivity index (χ2n) is 6.08. The van der Waals surface area contributed by atoms with Gasteiger partial charge in [-0.25, -0.2) is 8.42 Å². The number of carbonyl (C=O) groups is 1. The van der Waals surface area contributed by atoms with E-state index in [1.54, 1.807) is 55.5 Å². The lowest BCUT2D eigenvalue weighted by molar-refractivity contribution is -0.116. The third-order valence-electron chi connectivity index (χ3n) is 4.48. The van der Waals surface area contributed by atoms with Crippen molar-refractivity contribution in [2.24, 2.45) is 0 Å². The Labute approximate surface area is 156 Å². The first-order chi connectivity index (χ1) is 12.4. The molecule has 0 radical (unpaired) electrons. The van der Waals surface area contributed by atoms with Crippen LogP contribution in [-0.4, -0.2) is 20.4 Å². The Kier molecular flexibility index (Phi) is 3.89. The van der Waals surface area contributed by atoms with Gasteiger partial charge in [-0.3, -0.25) is 9.10 Å². The van der Waals surface area contributed by atoms with Gasteiger partial charge in [-0.15, -0.1) is 0 Å². The van der Waals surface area contributed by atoms with Crippen LogP contribution in [0.15, 0.2) is 65.6 Å². The van der Waals surface area contributed by atoms with Gasteiger partial charge in [-0.05, 0) is 36.6 Å². The van der Waals surface area contributed by atoms with E-state index in [2.05, 4.69) is 5.32 Å². The van der Waals surface area contributed by atoms with Crippen molar-refractivity contribution < 1.29 is 13.2 Å². The van der Waals surface area contributed by atoms with Crippen molar-refractivity contribution in [3.05, 3.63) is 65.7 Å². The number of nitrogens with zero attached hydrogens (tertiary/aromatic N) is 1. The quantitative estimate of drug-likeness (QED) is 0.739. The molecule has 26 heavy (non-hydrogen) atoms. The van der Waals surface area contributed by atoms with E-state index in [0.717, 1.165) is 5.39 Å². The highest BCUT2D eigenvalue weighted by atomic mass is 35.5. The largest absolute Gasteiger partial charge is 0.323 e. The molecule has 0 saturated carbocycles. The Balaban J connectivity index is 1.75. The number of nitrogens with one attached hydrogen (secondary N) is 1. The van der Waals surface area contributed by atoms with Gasteiger partial charge >= 0.3 is 0 Å². The lowest BCUT2D eigenvalue weighted by atomic mass is 10.1. The van der Waals surface area contributed by atoms with E-state index in [-0.39, 0.29) is 4.90 Å². The summed E-state index contributed by atoms with van der Waals surface area (Å²) in [6, 6.07) is 16.4. The number of anilines is 2. The Hall–Kier alpha value is -2.57. The van der Waals surface area contributed by atoms with Crippen LogP contribution < -0.4 is 9.62 Å². The number of hydrogen-bond donors (Lipinski definition) is 1. The Morgan fingerprint density at radius 2 is 1.73 bits per heavy atom. The van der Waals surface area contributed by atoms with E-state index in [1.165, 1.54) is 4.31 Å². The molecule has 4 rings (SSSR count). The molecule has 1 heterocycles. The van der Waals surface area contributed by atoms with Crippen molar-refractivity contribution in [2.45, 2.75) is 17.9 Å². The van der Waals surface area contributed by atoms with Crippen LogP contribution in [-0.2, 0) is 14.8 Å². The first-order valence-electron chi connectivity index (χ1n) is 8.03. The molecule has 0 spiro atoms. The second kappa shape index (κ2) is 6.00. The summed E-state index contributed by atoms with van der Waals surface area (Å²) in [7, 11) is -3.81. The van der Waals surface area contributed by atoms with Crippen LogP contribution in [0.3, 0.4) is 0 Å². The monoisotopic (exact) mass is 386 g/mol. The zero-order valence-corrected chi connectivity index (χ0v) is 15.4. The maximum Gasteiger partial charge on any atom is 0.265 e. The number of carbonyl (C=O) groups excluding carboxylic acids is 1. The fourth-order valence-electron chi connectivity index (χ4n) is 3.24. The molecule has 0 saturated heterocycles. The standard InChI is InChI=1S/C19H15ClN2O3S/c1-12(19(23)21-15-9-3-2-8-14(15)20)22-16-10-4-6-13-7-5-11-17(18(13)16)26(22,24)25/h2-12H,1H3,(H,21,23)/t12-/m0/s1. The second-order valence-corrected chi connectivity index (χ2v) is 8.27. The van der Waals surface area contributed by atoms with Crippen LogP contribution in [0.25, 0.3) is 10.8 Å². The van der Waals surface area contributed by atoms with Gasteiger partial charge in [0.05, 0.1) is 21.3 Å². The molecular formula is C19H15ClN2O3S. The average Bonchev–Trinajstić information content (AvgIpc) is 2.85. The number of sulfonamides is 1. The van der Waals surface area contributed by atoms with Gasteiger partial charge in [0.15, 0.2) is 0 Å². The molecule has 1 N–H and O–H groups in total. The summed E-state index contributed by atoms with van der Waals surface area (Å²) in [6.45, 7) is 1.56. The van der Waals surface area contributed by atoms with Crippen molar-refractivity contribution in [2.75, 3.05) is 9.62 Å². The molecule has 7 heteroatoms. The minimum absolute atomic E-state index is 0.225.